The number of amides is 1. The summed E-state index contributed by atoms with van der Waals surface area (Å²) in [6.07, 6.45) is 5.96. The highest BCUT2D eigenvalue weighted by atomic mass is 32.2. The van der Waals surface area contributed by atoms with Crippen LogP contribution in [0.15, 0.2) is 4.99 Å². The van der Waals surface area contributed by atoms with Gasteiger partial charge < -0.3 is 16.0 Å². The summed E-state index contributed by atoms with van der Waals surface area (Å²) in [5.74, 6) is 0.905. The van der Waals surface area contributed by atoms with E-state index in [-0.39, 0.29) is 30.2 Å². The molecule has 27 heavy (non-hydrogen) atoms. The van der Waals surface area contributed by atoms with Crippen molar-refractivity contribution in [3.8, 4) is 0 Å². The van der Waals surface area contributed by atoms with E-state index >= 15 is 0 Å². The van der Waals surface area contributed by atoms with Crippen molar-refractivity contribution in [1.29, 1.82) is 0 Å². The Bertz CT molecular complexity index is 636. The van der Waals surface area contributed by atoms with Crippen molar-refractivity contribution in [1.82, 2.24) is 16.0 Å². The summed E-state index contributed by atoms with van der Waals surface area (Å²) in [6.45, 7) is 8.05. The van der Waals surface area contributed by atoms with Crippen molar-refractivity contribution in [3.05, 3.63) is 0 Å². The molecule has 0 spiro atoms. The van der Waals surface area contributed by atoms with E-state index in [1.165, 1.54) is 0 Å². The van der Waals surface area contributed by atoms with Crippen LogP contribution in [0.5, 0.6) is 0 Å². The van der Waals surface area contributed by atoms with E-state index in [9.17, 15) is 13.2 Å². The largest absolute Gasteiger partial charge is 0.357 e. The average molecular weight is 401 g/mol. The lowest BCUT2D eigenvalue weighted by Crippen LogP contribution is -2.47. The van der Waals surface area contributed by atoms with Gasteiger partial charge in [0.15, 0.2) is 15.8 Å². The molecule has 2 fully saturated rings. The van der Waals surface area contributed by atoms with E-state index in [4.69, 9.17) is 0 Å². The molecule has 0 aromatic carbocycles. The van der Waals surface area contributed by atoms with Crippen LogP contribution in [0.2, 0.25) is 0 Å². The van der Waals surface area contributed by atoms with E-state index in [1.54, 1.807) is 20.8 Å². The summed E-state index contributed by atoms with van der Waals surface area (Å²) >= 11 is 0. The Hall–Kier alpha value is -1.31. The molecule has 2 aliphatic rings. The van der Waals surface area contributed by atoms with Gasteiger partial charge in [-0.3, -0.25) is 9.79 Å². The van der Waals surface area contributed by atoms with Crippen LogP contribution < -0.4 is 16.0 Å². The van der Waals surface area contributed by atoms with Crippen LogP contribution in [0.3, 0.4) is 0 Å². The SMILES string of the molecule is CCNC(=NCCS(=O)(=O)C(C)(C)C)NC1CCCC(C(=O)NC2CC2)C1. The second-order valence-corrected chi connectivity index (χ2v) is 11.5. The first-order valence-electron chi connectivity index (χ1n) is 10.2. The molecule has 0 aromatic heterocycles. The molecule has 8 heteroatoms. The minimum atomic E-state index is -3.18. The fourth-order valence-electron chi connectivity index (χ4n) is 3.20. The Kier molecular flexibility index (Phi) is 7.54. The number of carbonyl (C=O) groups is 1. The van der Waals surface area contributed by atoms with Crippen LogP contribution in [0.25, 0.3) is 0 Å². The summed E-state index contributed by atoms with van der Waals surface area (Å²) in [5.41, 5.74) is 0. The number of nitrogens with zero attached hydrogens (tertiary/aromatic N) is 1. The molecular weight excluding hydrogens is 364 g/mol. The van der Waals surface area contributed by atoms with Crippen LogP contribution in [0.4, 0.5) is 0 Å². The Labute approximate surface area is 164 Å². The number of rotatable bonds is 7. The van der Waals surface area contributed by atoms with Gasteiger partial charge in [-0.2, -0.15) is 0 Å². The Morgan fingerprint density at radius 2 is 1.78 bits per heavy atom. The van der Waals surface area contributed by atoms with E-state index in [0.717, 1.165) is 38.5 Å². The summed E-state index contributed by atoms with van der Waals surface area (Å²) in [6, 6.07) is 0.584. The molecule has 7 nitrogen and oxygen atoms in total. The Morgan fingerprint density at radius 3 is 2.37 bits per heavy atom. The van der Waals surface area contributed by atoms with Crippen molar-refractivity contribution >= 4 is 21.7 Å². The maximum absolute atomic E-state index is 12.3. The summed E-state index contributed by atoms with van der Waals surface area (Å²) < 4.78 is 23.7. The fourth-order valence-corrected chi connectivity index (χ4v) is 4.15. The monoisotopic (exact) mass is 400 g/mol. The lowest BCUT2D eigenvalue weighted by molar-refractivity contribution is -0.126. The highest BCUT2D eigenvalue weighted by Crippen LogP contribution is 2.26. The molecule has 0 heterocycles. The van der Waals surface area contributed by atoms with Crippen molar-refractivity contribution < 1.29 is 13.2 Å². The topological polar surface area (TPSA) is 99.7 Å². The lowest BCUT2D eigenvalue weighted by atomic mass is 9.85. The van der Waals surface area contributed by atoms with Gasteiger partial charge in [-0.05, 0) is 59.8 Å². The molecular formula is C19H36N4O3S. The van der Waals surface area contributed by atoms with Crippen LogP contribution in [-0.4, -0.2) is 56.0 Å². The second kappa shape index (κ2) is 9.26. The van der Waals surface area contributed by atoms with Crippen molar-refractivity contribution in [2.45, 2.75) is 83.1 Å². The summed E-state index contributed by atoms with van der Waals surface area (Å²) in [4.78, 5) is 16.8. The van der Waals surface area contributed by atoms with Crippen molar-refractivity contribution in [2.24, 2.45) is 10.9 Å². The smallest absolute Gasteiger partial charge is 0.223 e. The molecule has 2 unspecified atom stereocenters. The zero-order valence-corrected chi connectivity index (χ0v) is 18.0. The molecule has 1 amide bonds. The van der Waals surface area contributed by atoms with Gasteiger partial charge in [-0.25, -0.2) is 8.42 Å². The average Bonchev–Trinajstić information content (AvgIpc) is 3.38. The molecule has 0 bridgehead atoms. The number of hydrogen-bond donors (Lipinski definition) is 3. The molecule has 2 saturated carbocycles. The maximum Gasteiger partial charge on any atom is 0.223 e. The lowest BCUT2D eigenvalue weighted by Gasteiger charge is -2.30. The van der Waals surface area contributed by atoms with Crippen LogP contribution in [0, 0.1) is 5.92 Å². The minimum Gasteiger partial charge on any atom is -0.357 e. The first kappa shape index (κ1) is 22.0. The maximum atomic E-state index is 12.3. The van der Waals surface area contributed by atoms with Gasteiger partial charge in [0.2, 0.25) is 5.91 Å². The highest BCUT2D eigenvalue weighted by molar-refractivity contribution is 7.92. The zero-order valence-electron chi connectivity index (χ0n) is 17.2. The minimum absolute atomic E-state index is 0.0319. The number of nitrogens with one attached hydrogen (secondary N) is 3. The molecule has 0 aromatic rings. The molecule has 2 rings (SSSR count). The number of guanidine groups is 1. The third kappa shape index (κ3) is 6.97. The van der Waals surface area contributed by atoms with E-state index in [2.05, 4.69) is 20.9 Å². The van der Waals surface area contributed by atoms with Gasteiger partial charge in [-0.1, -0.05) is 6.42 Å². The van der Waals surface area contributed by atoms with Crippen LogP contribution in [-0.2, 0) is 14.6 Å². The molecule has 0 radical (unpaired) electrons. The van der Waals surface area contributed by atoms with Gasteiger partial charge in [0, 0.05) is 24.5 Å². The standard InChI is InChI=1S/C19H36N4O3S/c1-5-20-18(21-11-12-27(25,26)19(2,3)4)23-16-8-6-7-14(13-16)17(24)22-15-9-10-15/h14-16H,5-13H2,1-4H3,(H,22,24)(H2,20,21,23). The Morgan fingerprint density at radius 1 is 1.07 bits per heavy atom. The van der Waals surface area contributed by atoms with E-state index < -0.39 is 14.6 Å². The van der Waals surface area contributed by atoms with E-state index in [0.29, 0.717) is 18.5 Å². The molecule has 3 N–H and O–H groups in total. The summed E-state index contributed by atoms with van der Waals surface area (Å²) in [7, 11) is -3.18. The predicted molar refractivity (Wildman–Crippen MR) is 110 cm³/mol. The zero-order chi connectivity index (χ0) is 20.1. The van der Waals surface area contributed by atoms with Gasteiger partial charge in [-0.15, -0.1) is 0 Å². The van der Waals surface area contributed by atoms with Crippen LogP contribution >= 0.6 is 0 Å². The predicted octanol–water partition coefficient (Wildman–Crippen LogP) is 1.59. The normalized spacial score (nSPS) is 24.4. The third-order valence-corrected chi connectivity index (χ3v) is 7.80. The van der Waals surface area contributed by atoms with Gasteiger partial charge in [0.05, 0.1) is 17.0 Å². The summed E-state index contributed by atoms with van der Waals surface area (Å²) in [5, 5.41) is 9.69. The first-order valence-corrected chi connectivity index (χ1v) is 11.8. The molecule has 156 valence electrons. The number of hydrogen-bond acceptors (Lipinski definition) is 4. The quantitative estimate of drug-likeness (QED) is 0.445. The van der Waals surface area contributed by atoms with E-state index in [1.807, 2.05) is 6.92 Å². The molecule has 0 aliphatic heterocycles. The molecule has 2 atom stereocenters. The number of carbonyl (C=O) groups excluding carboxylic acids is 1. The number of sulfone groups is 1. The van der Waals surface area contributed by atoms with Crippen molar-refractivity contribution in [2.75, 3.05) is 18.8 Å². The van der Waals surface area contributed by atoms with Gasteiger partial charge >= 0.3 is 0 Å². The van der Waals surface area contributed by atoms with Crippen LogP contribution in [0.1, 0.15) is 66.2 Å². The number of aliphatic imine (C=N–C) groups is 1. The first-order chi connectivity index (χ1) is 12.6. The molecule has 0 saturated heterocycles. The fraction of sp³-hybridized carbons (Fsp3) is 0.895. The van der Waals surface area contributed by atoms with Crippen molar-refractivity contribution in [3.63, 3.8) is 0 Å². The second-order valence-electron chi connectivity index (χ2n) is 8.68. The van der Waals surface area contributed by atoms with Gasteiger partial charge in [0.25, 0.3) is 0 Å². The third-order valence-electron chi connectivity index (χ3n) is 5.22. The Balaban J connectivity index is 1.89. The highest BCUT2D eigenvalue weighted by Gasteiger charge is 2.32. The molecule has 2 aliphatic carbocycles. The van der Waals surface area contributed by atoms with Gasteiger partial charge in [0.1, 0.15) is 0 Å².